The third-order valence-corrected chi connectivity index (χ3v) is 6.49. The summed E-state index contributed by atoms with van der Waals surface area (Å²) in [6, 6.07) is 11.8. The van der Waals surface area contributed by atoms with Gasteiger partial charge in [0, 0.05) is 42.7 Å². The Morgan fingerprint density at radius 2 is 1.91 bits per heavy atom. The molecule has 33 heavy (non-hydrogen) atoms. The van der Waals surface area contributed by atoms with Gasteiger partial charge in [-0.2, -0.15) is 0 Å². The zero-order chi connectivity index (χ0) is 23.1. The van der Waals surface area contributed by atoms with Crippen molar-refractivity contribution in [1.82, 2.24) is 24.2 Å². The highest BCUT2D eigenvalue weighted by Crippen LogP contribution is 2.26. The predicted molar refractivity (Wildman–Crippen MR) is 126 cm³/mol. The Balaban J connectivity index is 1.27. The van der Waals surface area contributed by atoms with Gasteiger partial charge in [0.1, 0.15) is 5.76 Å². The van der Waals surface area contributed by atoms with E-state index in [-0.39, 0.29) is 17.6 Å². The van der Waals surface area contributed by atoms with Gasteiger partial charge >= 0.3 is 5.69 Å². The van der Waals surface area contributed by atoms with Gasteiger partial charge in [0.15, 0.2) is 5.82 Å². The van der Waals surface area contributed by atoms with Crippen LogP contribution in [0.3, 0.4) is 0 Å². The number of aryl methyl sites for hydroxylation is 2. The van der Waals surface area contributed by atoms with Gasteiger partial charge in [0.05, 0.1) is 11.0 Å². The molecular formula is C25H27N5O3. The Hall–Kier alpha value is -3.81. The van der Waals surface area contributed by atoms with Gasteiger partial charge in [-0.3, -0.25) is 13.9 Å². The molecule has 8 nitrogen and oxygen atoms in total. The van der Waals surface area contributed by atoms with Crippen LogP contribution >= 0.6 is 0 Å². The largest absolute Gasteiger partial charge is 0.360 e. The summed E-state index contributed by atoms with van der Waals surface area (Å²) in [6.45, 7) is 7.12. The third-order valence-electron chi connectivity index (χ3n) is 6.49. The summed E-state index contributed by atoms with van der Waals surface area (Å²) in [5.74, 6) is 1.48. The first kappa shape index (κ1) is 21.1. The van der Waals surface area contributed by atoms with Gasteiger partial charge in [0.2, 0.25) is 5.91 Å². The van der Waals surface area contributed by atoms with Crippen molar-refractivity contribution in [2.24, 2.45) is 0 Å². The van der Waals surface area contributed by atoms with E-state index < -0.39 is 0 Å². The average molecular weight is 446 g/mol. The van der Waals surface area contributed by atoms with Crippen LogP contribution < -0.4 is 5.69 Å². The molecule has 0 bridgehead atoms. The molecule has 1 aromatic carbocycles. The molecule has 0 radical (unpaired) electrons. The van der Waals surface area contributed by atoms with Gasteiger partial charge < -0.3 is 14.4 Å². The number of fused-ring (bicyclic) bond motifs is 1. The van der Waals surface area contributed by atoms with Crippen molar-refractivity contribution < 1.29 is 9.32 Å². The summed E-state index contributed by atoms with van der Waals surface area (Å²) in [4.78, 5) is 30.1. The SMILES string of the molecule is Cc1cc(-n2c(C)cc(/C=C/C(=O)N3CCC(n4c(=O)[nH]c5ccccc54)CC3)c2C)no1. The topological polar surface area (TPSA) is 89.1 Å². The lowest BCUT2D eigenvalue weighted by atomic mass is 10.0. The normalized spacial score (nSPS) is 15.2. The number of nitrogens with one attached hydrogen (secondary N) is 1. The van der Waals surface area contributed by atoms with Crippen LogP contribution in [-0.2, 0) is 4.79 Å². The Morgan fingerprint density at radius 1 is 1.15 bits per heavy atom. The van der Waals surface area contributed by atoms with Crippen LogP contribution in [0.2, 0.25) is 0 Å². The smallest absolute Gasteiger partial charge is 0.326 e. The minimum atomic E-state index is -0.0847. The van der Waals surface area contributed by atoms with Gasteiger partial charge in [-0.15, -0.1) is 0 Å². The fraction of sp³-hybridized carbons (Fsp3) is 0.320. The predicted octanol–water partition coefficient (Wildman–Crippen LogP) is 3.91. The number of H-pyrrole nitrogens is 1. The second-order valence-electron chi connectivity index (χ2n) is 8.66. The number of aromatic nitrogens is 4. The summed E-state index contributed by atoms with van der Waals surface area (Å²) >= 11 is 0. The highest BCUT2D eigenvalue weighted by atomic mass is 16.5. The molecule has 5 rings (SSSR count). The molecule has 3 aromatic heterocycles. The van der Waals surface area contributed by atoms with Crippen molar-refractivity contribution in [2.75, 3.05) is 13.1 Å². The molecule has 1 amide bonds. The second kappa shape index (κ2) is 8.27. The number of amides is 1. The van der Waals surface area contributed by atoms with Crippen LogP contribution in [0.25, 0.3) is 22.9 Å². The number of para-hydroxylation sites is 2. The molecule has 1 saturated heterocycles. The van der Waals surface area contributed by atoms with Crippen LogP contribution in [0.15, 0.2) is 51.8 Å². The quantitative estimate of drug-likeness (QED) is 0.483. The van der Waals surface area contributed by atoms with Crippen LogP contribution in [-0.4, -0.2) is 43.2 Å². The number of imidazole rings is 1. The van der Waals surface area contributed by atoms with Crippen molar-refractivity contribution in [2.45, 2.75) is 39.7 Å². The number of hydrogen-bond acceptors (Lipinski definition) is 4. The number of carbonyl (C=O) groups is 1. The molecule has 4 aromatic rings. The first-order valence-electron chi connectivity index (χ1n) is 11.2. The molecule has 0 unspecified atom stereocenters. The standard InChI is InChI=1S/C25H27N5O3/c1-16-14-19(18(3)29(16)23-15-17(2)33-27-23)8-9-24(31)28-12-10-20(11-13-28)30-22-7-5-4-6-21(22)26-25(30)32/h4-9,14-15,20H,10-13H2,1-3H3,(H,26,32)/b9-8+. The summed E-state index contributed by atoms with van der Waals surface area (Å²) in [7, 11) is 0. The number of aromatic amines is 1. The summed E-state index contributed by atoms with van der Waals surface area (Å²) in [5, 5.41) is 4.11. The molecule has 170 valence electrons. The van der Waals surface area contributed by atoms with Crippen molar-refractivity contribution in [3.8, 4) is 5.82 Å². The highest BCUT2D eigenvalue weighted by molar-refractivity contribution is 5.92. The van der Waals surface area contributed by atoms with E-state index in [9.17, 15) is 9.59 Å². The average Bonchev–Trinajstić information content (AvgIpc) is 3.46. The molecule has 1 aliphatic heterocycles. The van der Waals surface area contributed by atoms with Gasteiger partial charge in [-0.1, -0.05) is 17.3 Å². The maximum atomic E-state index is 12.9. The number of hydrogen-bond donors (Lipinski definition) is 1. The molecule has 0 saturated carbocycles. The monoisotopic (exact) mass is 445 g/mol. The minimum absolute atomic E-state index is 0.0122. The third kappa shape index (κ3) is 3.82. The first-order valence-corrected chi connectivity index (χ1v) is 11.2. The number of piperidine rings is 1. The van der Waals surface area contributed by atoms with Crippen LogP contribution in [0.4, 0.5) is 0 Å². The van der Waals surface area contributed by atoms with Crippen molar-refractivity contribution in [1.29, 1.82) is 0 Å². The molecule has 8 heteroatoms. The first-order chi connectivity index (χ1) is 15.9. The summed E-state index contributed by atoms with van der Waals surface area (Å²) in [5.41, 5.74) is 4.69. The lowest BCUT2D eigenvalue weighted by molar-refractivity contribution is -0.127. The van der Waals surface area contributed by atoms with Crippen molar-refractivity contribution in [3.63, 3.8) is 0 Å². The molecule has 0 aliphatic carbocycles. The maximum Gasteiger partial charge on any atom is 0.326 e. The lowest BCUT2D eigenvalue weighted by Crippen LogP contribution is -2.39. The van der Waals surface area contributed by atoms with Crippen molar-refractivity contribution >= 4 is 23.0 Å². The molecule has 1 fully saturated rings. The molecule has 1 aliphatic rings. The van der Waals surface area contributed by atoms with Gasteiger partial charge in [0.25, 0.3) is 0 Å². The zero-order valence-electron chi connectivity index (χ0n) is 19.0. The van der Waals surface area contributed by atoms with E-state index in [2.05, 4.69) is 10.1 Å². The van der Waals surface area contributed by atoms with Crippen LogP contribution in [0, 0.1) is 20.8 Å². The summed E-state index contributed by atoms with van der Waals surface area (Å²) in [6.07, 6.45) is 5.01. The minimum Gasteiger partial charge on any atom is -0.360 e. The number of likely N-dealkylation sites (tertiary alicyclic amines) is 1. The van der Waals surface area contributed by atoms with Crippen LogP contribution in [0.5, 0.6) is 0 Å². The van der Waals surface area contributed by atoms with E-state index in [0.717, 1.165) is 52.4 Å². The number of rotatable bonds is 4. The Morgan fingerprint density at radius 3 is 2.64 bits per heavy atom. The molecule has 1 N–H and O–H groups in total. The molecular weight excluding hydrogens is 418 g/mol. The number of benzene rings is 1. The Kier molecular flexibility index (Phi) is 5.28. The lowest BCUT2D eigenvalue weighted by Gasteiger charge is -2.32. The molecule has 0 atom stereocenters. The van der Waals surface area contributed by atoms with Crippen molar-refractivity contribution in [3.05, 3.63) is 75.7 Å². The van der Waals surface area contributed by atoms with E-state index in [0.29, 0.717) is 13.1 Å². The van der Waals surface area contributed by atoms with E-state index in [1.54, 1.807) is 6.08 Å². The van der Waals surface area contributed by atoms with E-state index in [1.165, 1.54) is 0 Å². The zero-order valence-corrected chi connectivity index (χ0v) is 19.0. The Bertz CT molecular complexity index is 1410. The van der Waals surface area contributed by atoms with E-state index in [1.807, 2.05) is 77.3 Å². The highest BCUT2D eigenvalue weighted by Gasteiger charge is 2.25. The summed E-state index contributed by atoms with van der Waals surface area (Å²) < 4.78 is 9.07. The number of nitrogens with zero attached hydrogens (tertiary/aromatic N) is 4. The maximum absolute atomic E-state index is 12.9. The second-order valence-corrected chi connectivity index (χ2v) is 8.66. The molecule has 0 spiro atoms. The van der Waals surface area contributed by atoms with Gasteiger partial charge in [-0.05, 0) is 63.5 Å². The van der Waals surface area contributed by atoms with Crippen LogP contribution in [0.1, 0.15) is 41.6 Å². The fourth-order valence-corrected chi connectivity index (χ4v) is 4.82. The van der Waals surface area contributed by atoms with Gasteiger partial charge in [-0.25, -0.2) is 4.79 Å². The fourth-order valence-electron chi connectivity index (χ4n) is 4.82. The Labute approximate surface area is 191 Å². The van der Waals surface area contributed by atoms with E-state index >= 15 is 0 Å². The number of carbonyl (C=O) groups excluding carboxylic acids is 1. The molecule has 4 heterocycles. The van der Waals surface area contributed by atoms with E-state index in [4.69, 9.17) is 4.52 Å².